The van der Waals surface area contributed by atoms with Gasteiger partial charge in [0, 0.05) is 27.1 Å². The minimum atomic E-state index is 0.985. The minimum absolute atomic E-state index is 0.985. The Labute approximate surface area is 220 Å². The molecule has 6 aromatic rings. The van der Waals surface area contributed by atoms with Gasteiger partial charge in [-0.3, -0.25) is 0 Å². The summed E-state index contributed by atoms with van der Waals surface area (Å²) >= 11 is 0. The fraction of sp³-hybridized carbons (Fsp3) is 0. The van der Waals surface area contributed by atoms with Crippen LogP contribution in [-0.4, -0.2) is 0 Å². The molecule has 0 fully saturated rings. The Morgan fingerprint density at radius 2 is 1.00 bits per heavy atom. The largest absolute Gasteiger partial charge is 0.248 e. The molecule has 0 N–H and O–H groups in total. The lowest BCUT2D eigenvalue weighted by Crippen LogP contribution is -2.01. The van der Waals surface area contributed by atoms with Gasteiger partial charge in [0.1, 0.15) is 0 Å². The van der Waals surface area contributed by atoms with Crippen molar-refractivity contribution in [1.29, 1.82) is 0 Å². The van der Waals surface area contributed by atoms with Crippen LogP contribution in [0.5, 0.6) is 0 Å². The third-order valence-corrected chi connectivity index (χ3v) is 7.62. The summed E-state index contributed by atoms with van der Waals surface area (Å²) in [7, 11) is 0. The quantitative estimate of drug-likeness (QED) is 0.243. The van der Waals surface area contributed by atoms with E-state index in [1.807, 2.05) is 0 Å². The zero-order valence-electron chi connectivity index (χ0n) is 20.6. The van der Waals surface area contributed by atoms with E-state index in [9.17, 15) is 0 Å². The highest BCUT2D eigenvalue weighted by molar-refractivity contribution is 6.06. The van der Waals surface area contributed by atoms with Gasteiger partial charge in [-0.25, -0.2) is 9.98 Å². The van der Waals surface area contributed by atoms with Crippen LogP contribution in [0.25, 0.3) is 44.5 Å². The Morgan fingerprint density at radius 1 is 0.342 bits per heavy atom. The lowest BCUT2D eigenvalue weighted by molar-refractivity contribution is 1.36. The average molecular weight is 483 g/mol. The van der Waals surface area contributed by atoms with Crippen molar-refractivity contribution in [3.05, 3.63) is 155 Å². The predicted molar refractivity (Wildman–Crippen MR) is 154 cm³/mol. The summed E-state index contributed by atoms with van der Waals surface area (Å²) in [6.07, 6.45) is 0. The Kier molecular flexibility index (Phi) is 4.55. The lowest BCUT2D eigenvalue weighted by atomic mass is 9.83. The average Bonchev–Trinajstić information content (AvgIpc) is 3.56. The second-order valence-electron chi connectivity index (χ2n) is 9.76. The number of hydrogen-bond donors (Lipinski definition) is 0. The van der Waals surface area contributed by atoms with Gasteiger partial charge in [0.15, 0.2) is 0 Å². The van der Waals surface area contributed by atoms with Gasteiger partial charge in [0.2, 0.25) is 0 Å². The summed E-state index contributed by atoms with van der Waals surface area (Å²) in [6, 6.07) is 47.2. The topological polar surface area (TPSA) is 24.7 Å². The Hall–Kier alpha value is -5.08. The van der Waals surface area contributed by atoms with Gasteiger partial charge in [0.25, 0.3) is 0 Å². The highest BCUT2D eigenvalue weighted by Gasteiger charge is 2.27. The van der Waals surface area contributed by atoms with E-state index in [2.05, 4.69) is 133 Å². The zero-order chi connectivity index (χ0) is 25.1. The summed E-state index contributed by atoms with van der Waals surface area (Å²) in [6.45, 7) is 0. The number of nitrogens with zero attached hydrogens (tertiary/aromatic N) is 2. The maximum absolute atomic E-state index is 5.14. The SMILES string of the molecule is c1ccc(-c2ccccc2-c2c(-c3ccccc3)ccc3c2-c2c4c(ccc2=N3)=c2ccccc2=N4)cc1. The van der Waals surface area contributed by atoms with Crippen LogP contribution >= 0.6 is 0 Å². The molecular formula is C36H22N2. The molecule has 0 bridgehead atoms. The van der Waals surface area contributed by atoms with Gasteiger partial charge in [-0.05, 0) is 52.1 Å². The van der Waals surface area contributed by atoms with Crippen LogP contribution in [0.1, 0.15) is 0 Å². The van der Waals surface area contributed by atoms with Crippen molar-refractivity contribution in [2.75, 3.05) is 0 Å². The van der Waals surface area contributed by atoms with E-state index in [-0.39, 0.29) is 0 Å². The Morgan fingerprint density at radius 3 is 1.79 bits per heavy atom. The normalized spacial score (nSPS) is 12.1. The summed E-state index contributed by atoms with van der Waals surface area (Å²) in [5, 5.41) is 4.37. The molecule has 2 heteroatoms. The molecule has 0 radical (unpaired) electrons. The summed E-state index contributed by atoms with van der Waals surface area (Å²) in [4.78, 5) is 10.3. The number of para-hydroxylation sites is 1. The molecule has 0 saturated heterocycles. The molecule has 2 aliphatic heterocycles. The lowest BCUT2D eigenvalue weighted by Gasteiger charge is -2.19. The number of rotatable bonds is 3. The first-order valence-electron chi connectivity index (χ1n) is 12.9. The fourth-order valence-corrected chi connectivity index (χ4v) is 5.95. The molecule has 6 aromatic carbocycles. The zero-order valence-corrected chi connectivity index (χ0v) is 20.6. The molecule has 0 saturated carbocycles. The van der Waals surface area contributed by atoms with Crippen molar-refractivity contribution in [2.45, 2.75) is 0 Å². The molecule has 0 atom stereocenters. The van der Waals surface area contributed by atoms with Crippen LogP contribution in [0.3, 0.4) is 0 Å². The fourth-order valence-electron chi connectivity index (χ4n) is 5.95. The Bertz CT molecular complexity index is 2110. The predicted octanol–water partition coefficient (Wildman–Crippen LogP) is 8.17. The first kappa shape index (κ1) is 21.0. The smallest absolute Gasteiger partial charge is 0.0817 e. The highest BCUT2D eigenvalue weighted by Crippen LogP contribution is 2.50. The van der Waals surface area contributed by atoms with E-state index in [1.54, 1.807) is 0 Å². The van der Waals surface area contributed by atoms with Crippen molar-refractivity contribution in [3.8, 4) is 44.5 Å². The number of benzene rings is 6. The van der Waals surface area contributed by atoms with Crippen LogP contribution in [0.15, 0.2) is 143 Å². The van der Waals surface area contributed by atoms with Crippen molar-refractivity contribution < 1.29 is 0 Å². The summed E-state index contributed by atoms with van der Waals surface area (Å²) in [5.41, 5.74) is 11.5. The summed E-state index contributed by atoms with van der Waals surface area (Å²) in [5.74, 6) is 0. The van der Waals surface area contributed by atoms with Gasteiger partial charge in [-0.1, -0.05) is 109 Å². The van der Waals surface area contributed by atoms with Gasteiger partial charge in [-0.15, -0.1) is 0 Å². The van der Waals surface area contributed by atoms with Crippen LogP contribution in [0, 0.1) is 10.4 Å². The molecule has 0 spiro atoms. The maximum atomic E-state index is 5.14. The van der Waals surface area contributed by atoms with Gasteiger partial charge >= 0.3 is 0 Å². The van der Waals surface area contributed by atoms with Gasteiger partial charge < -0.3 is 0 Å². The maximum Gasteiger partial charge on any atom is 0.0817 e. The first-order chi connectivity index (χ1) is 18.9. The van der Waals surface area contributed by atoms with E-state index in [0.29, 0.717) is 0 Å². The van der Waals surface area contributed by atoms with Crippen molar-refractivity contribution >= 4 is 11.4 Å². The molecule has 38 heavy (non-hydrogen) atoms. The molecule has 0 aliphatic carbocycles. The second-order valence-corrected chi connectivity index (χ2v) is 9.76. The first-order valence-corrected chi connectivity index (χ1v) is 12.9. The van der Waals surface area contributed by atoms with Crippen molar-refractivity contribution in [2.24, 2.45) is 9.98 Å². The summed E-state index contributed by atoms with van der Waals surface area (Å²) < 4.78 is 0. The van der Waals surface area contributed by atoms with E-state index in [0.717, 1.165) is 33.2 Å². The molecule has 0 aromatic heterocycles. The van der Waals surface area contributed by atoms with Crippen molar-refractivity contribution in [1.82, 2.24) is 0 Å². The van der Waals surface area contributed by atoms with E-state index < -0.39 is 0 Å². The molecule has 2 aliphatic rings. The molecule has 2 nitrogen and oxygen atoms in total. The minimum Gasteiger partial charge on any atom is -0.248 e. The van der Waals surface area contributed by atoms with Crippen molar-refractivity contribution in [3.63, 3.8) is 0 Å². The van der Waals surface area contributed by atoms with E-state index in [4.69, 9.17) is 9.98 Å². The van der Waals surface area contributed by atoms with Crippen LogP contribution in [0.4, 0.5) is 11.4 Å². The Balaban J connectivity index is 1.52. The molecule has 8 rings (SSSR count). The molecular weight excluding hydrogens is 460 g/mol. The molecule has 0 unspecified atom stereocenters. The number of fused-ring (bicyclic) bond motifs is 6. The second kappa shape index (κ2) is 8.22. The third-order valence-electron chi connectivity index (χ3n) is 7.62. The molecule has 2 heterocycles. The van der Waals surface area contributed by atoms with Gasteiger partial charge in [0.05, 0.1) is 22.1 Å². The molecule has 0 amide bonds. The highest BCUT2D eigenvalue weighted by atomic mass is 14.8. The van der Waals surface area contributed by atoms with Crippen LogP contribution in [0.2, 0.25) is 0 Å². The van der Waals surface area contributed by atoms with Crippen LogP contribution < -0.4 is 10.7 Å². The molecule has 176 valence electrons. The number of hydrogen-bond acceptors (Lipinski definition) is 2. The van der Waals surface area contributed by atoms with Crippen LogP contribution in [-0.2, 0) is 0 Å². The van der Waals surface area contributed by atoms with E-state index in [1.165, 1.54) is 43.8 Å². The standard InChI is InChI=1S/C36H22N2/c1-3-11-23(12-4-1)25-15-7-8-17-28(25)33-26(24-13-5-2-6-14-24)19-21-31-34(33)35-32(37-31)22-20-29-27-16-9-10-18-30(27)38-36(29)35/h1-22H. The van der Waals surface area contributed by atoms with E-state index >= 15 is 0 Å². The van der Waals surface area contributed by atoms with Gasteiger partial charge in [-0.2, -0.15) is 0 Å². The monoisotopic (exact) mass is 482 g/mol. The third kappa shape index (κ3) is 3.07.